The van der Waals surface area contributed by atoms with Crippen molar-refractivity contribution in [2.45, 2.75) is 6.92 Å². The molecule has 0 aliphatic heterocycles. The van der Waals surface area contributed by atoms with Crippen LogP contribution in [0.15, 0.2) is 18.2 Å². The zero-order chi connectivity index (χ0) is 10.6. The maximum absolute atomic E-state index is 11.3. The van der Waals surface area contributed by atoms with E-state index in [0.29, 0.717) is 12.2 Å². The third-order valence-electron chi connectivity index (χ3n) is 1.66. The van der Waals surface area contributed by atoms with Crippen LogP contribution in [-0.4, -0.2) is 19.7 Å². The van der Waals surface area contributed by atoms with Crippen LogP contribution < -0.4 is 4.74 Å². The lowest BCUT2D eigenvalue weighted by atomic mass is 10.2. The molecule has 0 spiro atoms. The lowest BCUT2D eigenvalue weighted by Gasteiger charge is -2.05. The highest BCUT2D eigenvalue weighted by Crippen LogP contribution is 2.21. The normalized spacial score (nSPS) is 9.64. The molecule has 0 radical (unpaired) electrons. The maximum Gasteiger partial charge on any atom is 0.338 e. The predicted molar refractivity (Wildman–Crippen MR) is 61.7 cm³/mol. The average molecular weight is 306 g/mol. The first kappa shape index (κ1) is 11.3. The summed E-state index contributed by atoms with van der Waals surface area (Å²) in [4.78, 5) is 11.3. The highest BCUT2D eigenvalue weighted by molar-refractivity contribution is 14.1. The predicted octanol–water partition coefficient (Wildman–Crippen LogP) is 2.48. The van der Waals surface area contributed by atoms with Gasteiger partial charge in [0, 0.05) is 0 Å². The molecule has 1 rings (SSSR count). The van der Waals surface area contributed by atoms with E-state index in [1.54, 1.807) is 32.2 Å². The standard InChI is InChI=1S/C10H11IO3/c1-3-14-10(12)7-4-5-9(13-2)8(11)6-7/h4-6H,3H2,1-2H3. The molecule has 1 aromatic carbocycles. The Kier molecular flexibility index (Phi) is 4.19. The van der Waals surface area contributed by atoms with Crippen LogP contribution in [0.5, 0.6) is 5.75 Å². The minimum Gasteiger partial charge on any atom is -0.496 e. The van der Waals surface area contributed by atoms with E-state index in [4.69, 9.17) is 9.47 Å². The molecule has 0 heterocycles. The number of carbonyl (C=O) groups is 1. The first-order valence-electron chi connectivity index (χ1n) is 4.19. The zero-order valence-corrected chi connectivity index (χ0v) is 10.2. The molecule has 0 saturated heterocycles. The largest absolute Gasteiger partial charge is 0.496 e. The average Bonchev–Trinajstić information content (AvgIpc) is 2.18. The fraction of sp³-hybridized carbons (Fsp3) is 0.300. The Morgan fingerprint density at radius 3 is 2.71 bits per heavy atom. The van der Waals surface area contributed by atoms with E-state index >= 15 is 0 Å². The van der Waals surface area contributed by atoms with Crippen molar-refractivity contribution in [2.24, 2.45) is 0 Å². The van der Waals surface area contributed by atoms with Gasteiger partial charge in [-0.1, -0.05) is 0 Å². The van der Waals surface area contributed by atoms with Crippen LogP contribution in [0.4, 0.5) is 0 Å². The van der Waals surface area contributed by atoms with Crippen LogP contribution in [0.25, 0.3) is 0 Å². The third kappa shape index (κ3) is 2.60. The van der Waals surface area contributed by atoms with E-state index in [1.807, 2.05) is 0 Å². The quantitative estimate of drug-likeness (QED) is 0.636. The number of ether oxygens (including phenoxy) is 2. The van der Waals surface area contributed by atoms with E-state index in [-0.39, 0.29) is 5.97 Å². The van der Waals surface area contributed by atoms with Gasteiger partial charge < -0.3 is 9.47 Å². The van der Waals surface area contributed by atoms with Crippen molar-refractivity contribution < 1.29 is 14.3 Å². The summed E-state index contributed by atoms with van der Waals surface area (Å²) in [6, 6.07) is 5.20. The van der Waals surface area contributed by atoms with Crippen molar-refractivity contribution in [3.63, 3.8) is 0 Å². The van der Waals surface area contributed by atoms with Crippen molar-refractivity contribution in [1.29, 1.82) is 0 Å². The van der Waals surface area contributed by atoms with Gasteiger partial charge in [0.25, 0.3) is 0 Å². The fourth-order valence-corrected chi connectivity index (χ4v) is 1.74. The number of esters is 1. The van der Waals surface area contributed by atoms with E-state index < -0.39 is 0 Å². The highest BCUT2D eigenvalue weighted by atomic mass is 127. The second kappa shape index (κ2) is 5.19. The molecule has 0 aliphatic rings. The highest BCUT2D eigenvalue weighted by Gasteiger charge is 2.08. The van der Waals surface area contributed by atoms with E-state index in [0.717, 1.165) is 9.32 Å². The van der Waals surface area contributed by atoms with Gasteiger partial charge in [0.1, 0.15) is 5.75 Å². The number of carbonyl (C=O) groups excluding carboxylic acids is 1. The molecule has 0 amide bonds. The van der Waals surface area contributed by atoms with Crippen molar-refractivity contribution in [1.82, 2.24) is 0 Å². The summed E-state index contributed by atoms with van der Waals surface area (Å²) < 4.78 is 10.9. The molecule has 3 nitrogen and oxygen atoms in total. The molecule has 0 unspecified atom stereocenters. The number of hydrogen-bond acceptors (Lipinski definition) is 3. The van der Waals surface area contributed by atoms with Gasteiger partial charge in [-0.05, 0) is 47.7 Å². The minimum absolute atomic E-state index is 0.298. The molecule has 0 aliphatic carbocycles. The second-order valence-electron chi connectivity index (χ2n) is 2.57. The van der Waals surface area contributed by atoms with E-state index in [9.17, 15) is 4.79 Å². The summed E-state index contributed by atoms with van der Waals surface area (Å²) >= 11 is 2.11. The molecule has 0 atom stereocenters. The van der Waals surface area contributed by atoms with E-state index in [2.05, 4.69) is 22.6 Å². The van der Waals surface area contributed by atoms with Crippen LogP contribution in [0, 0.1) is 3.57 Å². The Bertz CT molecular complexity index is 336. The second-order valence-corrected chi connectivity index (χ2v) is 3.73. The Hall–Kier alpha value is -0.780. The number of methoxy groups -OCH3 is 1. The zero-order valence-electron chi connectivity index (χ0n) is 8.04. The van der Waals surface area contributed by atoms with Crippen molar-refractivity contribution in [2.75, 3.05) is 13.7 Å². The van der Waals surface area contributed by atoms with Gasteiger partial charge in [0.15, 0.2) is 0 Å². The van der Waals surface area contributed by atoms with Crippen molar-refractivity contribution in [3.05, 3.63) is 27.3 Å². The minimum atomic E-state index is -0.298. The Balaban J connectivity index is 2.91. The van der Waals surface area contributed by atoms with Gasteiger partial charge in [0.05, 0.1) is 22.9 Å². The SMILES string of the molecule is CCOC(=O)c1ccc(OC)c(I)c1. The first-order chi connectivity index (χ1) is 6.69. The maximum atomic E-state index is 11.3. The number of benzene rings is 1. The molecule has 4 heteroatoms. The monoisotopic (exact) mass is 306 g/mol. The van der Waals surface area contributed by atoms with Crippen LogP contribution in [-0.2, 0) is 4.74 Å². The molecule has 0 N–H and O–H groups in total. The van der Waals surface area contributed by atoms with Gasteiger partial charge in [-0.25, -0.2) is 4.79 Å². The summed E-state index contributed by atoms with van der Waals surface area (Å²) in [7, 11) is 1.60. The van der Waals surface area contributed by atoms with Crippen molar-refractivity contribution >= 4 is 28.6 Å². The molecular weight excluding hydrogens is 295 g/mol. The lowest BCUT2D eigenvalue weighted by Crippen LogP contribution is -2.04. The summed E-state index contributed by atoms with van der Waals surface area (Å²) in [6.07, 6.45) is 0. The van der Waals surface area contributed by atoms with Gasteiger partial charge in [-0.3, -0.25) is 0 Å². The summed E-state index contributed by atoms with van der Waals surface area (Å²) in [6.45, 7) is 2.17. The Labute approximate surface area is 96.5 Å². The molecule has 76 valence electrons. The van der Waals surface area contributed by atoms with Crippen LogP contribution in [0.2, 0.25) is 0 Å². The van der Waals surface area contributed by atoms with Crippen LogP contribution in [0.1, 0.15) is 17.3 Å². The smallest absolute Gasteiger partial charge is 0.338 e. The summed E-state index contributed by atoms with van der Waals surface area (Å²) in [5.74, 6) is 0.465. The molecule has 0 aromatic heterocycles. The van der Waals surface area contributed by atoms with Gasteiger partial charge in [0.2, 0.25) is 0 Å². The van der Waals surface area contributed by atoms with Gasteiger partial charge >= 0.3 is 5.97 Å². The number of halogens is 1. The topological polar surface area (TPSA) is 35.5 Å². The lowest BCUT2D eigenvalue weighted by molar-refractivity contribution is 0.0526. The Morgan fingerprint density at radius 2 is 2.21 bits per heavy atom. The van der Waals surface area contributed by atoms with Crippen LogP contribution >= 0.6 is 22.6 Å². The molecular formula is C10H11IO3. The first-order valence-corrected chi connectivity index (χ1v) is 5.27. The molecule has 0 bridgehead atoms. The fourth-order valence-electron chi connectivity index (χ4n) is 1.01. The summed E-state index contributed by atoms with van der Waals surface area (Å²) in [5, 5.41) is 0. The van der Waals surface area contributed by atoms with Gasteiger partial charge in [-0.15, -0.1) is 0 Å². The number of rotatable bonds is 3. The molecule has 1 aromatic rings. The molecule has 0 saturated carbocycles. The van der Waals surface area contributed by atoms with Gasteiger partial charge in [-0.2, -0.15) is 0 Å². The molecule has 14 heavy (non-hydrogen) atoms. The Morgan fingerprint density at radius 1 is 1.50 bits per heavy atom. The van der Waals surface area contributed by atoms with Crippen LogP contribution in [0.3, 0.4) is 0 Å². The third-order valence-corrected chi connectivity index (χ3v) is 2.51. The van der Waals surface area contributed by atoms with E-state index in [1.165, 1.54) is 0 Å². The number of hydrogen-bond donors (Lipinski definition) is 0. The van der Waals surface area contributed by atoms with Crippen molar-refractivity contribution in [3.8, 4) is 5.75 Å². The molecule has 0 fully saturated rings. The summed E-state index contributed by atoms with van der Waals surface area (Å²) in [5.41, 5.74) is 0.553.